The summed E-state index contributed by atoms with van der Waals surface area (Å²) in [6.07, 6.45) is 10.5. The van der Waals surface area contributed by atoms with Crippen molar-refractivity contribution in [2.24, 2.45) is 5.41 Å². The summed E-state index contributed by atoms with van der Waals surface area (Å²) in [4.78, 5) is 27.8. The van der Waals surface area contributed by atoms with Crippen LogP contribution >= 0.6 is 0 Å². The van der Waals surface area contributed by atoms with Gasteiger partial charge in [-0.15, -0.1) is 6.42 Å². The van der Waals surface area contributed by atoms with E-state index in [0.717, 1.165) is 30.6 Å². The number of phenols is 1. The second kappa shape index (κ2) is 10.9. The number of fused-ring (bicyclic) bond motifs is 4. The van der Waals surface area contributed by atoms with Crippen LogP contribution in [0.1, 0.15) is 34.0 Å². The fourth-order valence-corrected chi connectivity index (χ4v) is 6.91. The van der Waals surface area contributed by atoms with Gasteiger partial charge in [0, 0.05) is 61.7 Å². The van der Waals surface area contributed by atoms with Gasteiger partial charge >= 0.3 is 6.01 Å². The summed E-state index contributed by atoms with van der Waals surface area (Å²) in [5, 5.41) is 19.6. The van der Waals surface area contributed by atoms with Gasteiger partial charge in [0.2, 0.25) is 0 Å². The monoisotopic (exact) mass is 613 g/mol. The Morgan fingerprint density at radius 3 is 2.71 bits per heavy atom. The number of halogens is 1. The largest absolute Gasteiger partial charge is 0.508 e. The molecule has 0 unspecified atom stereocenters. The topological polar surface area (TPSA) is 118 Å². The first-order chi connectivity index (χ1) is 22.6. The van der Waals surface area contributed by atoms with Crippen molar-refractivity contribution >= 4 is 27.5 Å². The number of benzene rings is 2. The van der Waals surface area contributed by atoms with Crippen molar-refractivity contribution in [2.75, 3.05) is 57.4 Å². The molecule has 4 fully saturated rings. The average Bonchev–Trinajstić information content (AvgIpc) is 3.78. The van der Waals surface area contributed by atoms with Crippen molar-refractivity contribution in [3.63, 3.8) is 0 Å². The first-order valence-corrected chi connectivity index (χ1v) is 15.4. The molecule has 4 aliphatic rings. The van der Waals surface area contributed by atoms with Crippen molar-refractivity contribution < 1.29 is 21.7 Å². The third-order valence-corrected chi connectivity index (χ3v) is 9.36. The van der Waals surface area contributed by atoms with E-state index in [1.807, 2.05) is 0 Å². The van der Waals surface area contributed by atoms with Crippen LogP contribution in [0, 0.1) is 23.6 Å². The second-order valence-corrected chi connectivity index (χ2v) is 12.5. The van der Waals surface area contributed by atoms with Gasteiger partial charge in [0.05, 0.1) is 45.3 Å². The number of terminal acetylenes is 1. The Bertz CT molecular complexity index is 2000. The molecular formula is C33H34FN7O4. The molecule has 0 spiro atoms. The Morgan fingerprint density at radius 2 is 1.98 bits per heavy atom. The fraction of sp³-hybridized carbons (Fsp3) is 0.455. The van der Waals surface area contributed by atoms with Crippen LogP contribution in [0.4, 0.5) is 10.2 Å². The van der Waals surface area contributed by atoms with E-state index in [2.05, 4.69) is 31.1 Å². The van der Waals surface area contributed by atoms with Crippen molar-refractivity contribution in [3.05, 3.63) is 52.2 Å². The molecule has 3 saturated heterocycles. The molecule has 2 bridgehead atoms. The third-order valence-electron chi connectivity index (χ3n) is 9.36. The molecule has 2 N–H and O–H groups in total. The highest BCUT2D eigenvalue weighted by Gasteiger charge is 2.45. The Hall–Kier alpha value is -4.31. The number of rotatable bonds is 7. The predicted molar refractivity (Wildman–Crippen MR) is 167 cm³/mol. The zero-order chi connectivity index (χ0) is 32.5. The highest BCUT2D eigenvalue weighted by atomic mass is 19.1. The van der Waals surface area contributed by atoms with Crippen molar-refractivity contribution in [1.29, 1.82) is 0 Å². The summed E-state index contributed by atoms with van der Waals surface area (Å²) in [5.41, 5.74) is -1.46. The van der Waals surface area contributed by atoms with E-state index in [0.29, 0.717) is 62.3 Å². The fourth-order valence-electron chi connectivity index (χ4n) is 6.91. The van der Waals surface area contributed by atoms with Gasteiger partial charge in [-0.1, -0.05) is 12.0 Å². The molecule has 12 heteroatoms. The van der Waals surface area contributed by atoms with E-state index in [4.69, 9.17) is 23.6 Å². The van der Waals surface area contributed by atoms with Gasteiger partial charge in [-0.25, -0.2) is 4.39 Å². The molecule has 3 aliphatic heterocycles. The number of morpholine rings is 1. The van der Waals surface area contributed by atoms with Gasteiger partial charge in [0.1, 0.15) is 22.9 Å². The molecule has 4 aromatic rings. The number of hydrogen-bond donors (Lipinski definition) is 2. The summed E-state index contributed by atoms with van der Waals surface area (Å²) in [5.74, 6) is 1.99. The number of hydrogen-bond acceptors (Lipinski definition) is 10. The van der Waals surface area contributed by atoms with E-state index in [1.54, 1.807) is 0 Å². The Kier molecular flexibility index (Phi) is 6.31. The van der Waals surface area contributed by atoms with Crippen molar-refractivity contribution in [2.45, 2.75) is 37.8 Å². The van der Waals surface area contributed by atoms with Gasteiger partial charge < -0.3 is 24.8 Å². The highest BCUT2D eigenvalue weighted by Crippen LogP contribution is 2.46. The van der Waals surface area contributed by atoms with Crippen LogP contribution in [-0.2, 0) is 4.74 Å². The number of phenolic OH excluding ortho intramolecular Hbond substituents is 1. The molecule has 8 rings (SSSR count). The summed E-state index contributed by atoms with van der Waals surface area (Å²) in [6.45, 7) is 2.33. The van der Waals surface area contributed by atoms with Crippen molar-refractivity contribution in [1.82, 2.24) is 30.0 Å². The number of aromatic nitrogens is 4. The van der Waals surface area contributed by atoms with Gasteiger partial charge in [-0.05, 0) is 43.2 Å². The molecule has 11 nitrogen and oxygen atoms in total. The van der Waals surface area contributed by atoms with Gasteiger partial charge in [-0.3, -0.25) is 9.69 Å². The van der Waals surface area contributed by atoms with E-state index in [1.165, 1.54) is 30.5 Å². The average molecular weight is 614 g/mol. The molecular weight excluding hydrogens is 577 g/mol. The lowest BCUT2D eigenvalue weighted by Crippen LogP contribution is -2.51. The minimum atomic E-state index is -2.12. The van der Waals surface area contributed by atoms with Gasteiger partial charge in [0.25, 0.3) is 5.56 Å². The van der Waals surface area contributed by atoms with Crippen molar-refractivity contribution in [3.8, 4) is 29.8 Å². The third kappa shape index (κ3) is 5.14. The molecule has 1 saturated carbocycles. The smallest absolute Gasteiger partial charge is 0.319 e. The normalized spacial score (nSPS) is 23.5. The SMILES string of the molecule is [2H]C([2H])(Oc1nc(N2C[C@H]3CC[C@@H](C2)N3)c2cnn(-c3cc(O)cc4ccc(F)c(C#C)c34)c(=O)c2n1)C1(CN2CCOCC2)CC1. The number of anilines is 1. The van der Waals surface area contributed by atoms with Crippen LogP contribution in [0.3, 0.4) is 0 Å². The molecule has 2 atom stereocenters. The first-order valence-electron chi connectivity index (χ1n) is 16.4. The number of piperazine rings is 1. The molecule has 1 aliphatic carbocycles. The van der Waals surface area contributed by atoms with Gasteiger partial charge in [-0.2, -0.15) is 19.7 Å². The lowest BCUT2D eigenvalue weighted by atomic mass is 10.0. The lowest BCUT2D eigenvalue weighted by molar-refractivity contribution is 0.0231. The molecule has 232 valence electrons. The molecule has 2 aromatic carbocycles. The minimum Gasteiger partial charge on any atom is -0.508 e. The number of aromatic hydroxyl groups is 1. The van der Waals surface area contributed by atoms with Crippen LogP contribution < -0.4 is 20.5 Å². The van der Waals surface area contributed by atoms with Crippen LogP contribution in [0.25, 0.3) is 27.4 Å². The molecule has 0 amide bonds. The van der Waals surface area contributed by atoms with E-state index in [9.17, 15) is 14.3 Å². The molecule has 5 heterocycles. The standard InChI is InChI=1S/C33H34FN7O4/c1-2-24-26(34)6-3-20-13-23(42)14-27(28(20)24)41-31(43)29-25(15-35-41)30(40-16-21-4-5-22(17-40)36-21)38-32(37-29)45-19-33(7-8-33)18-39-9-11-44-12-10-39/h1,3,6,13-15,21-22,36,42H,4-5,7-12,16-19H2/t21-,22+/i19D2. The molecule has 2 aromatic heterocycles. The quantitative estimate of drug-likeness (QED) is 0.301. The second-order valence-electron chi connectivity index (χ2n) is 12.5. The Labute approximate surface area is 261 Å². The summed E-state index contributed by atoms with van der Waals surface area (Å²) in [7, 11) is 0. The molecule has 45 heavy (non-hydrogen) atoms. The van der Waals surface area contributed by atoms with Crippen LogP contribution in [-0.4, -0.2) is 94.3 Å². The van der Waals surface area contributed by atoms with Crippen LogP contribution in [0.2, 0.25) is 0 Å². The number of ether oxygens (including phenoxy) is 2. The maximum atomic E-state index is 14.9. The highest BCUT2D eigenvalue weighted by molar-refractivity contribution is 5.97. The van der Waals surface area contributed by atoms with E-state index >= 15 is 0 Å². The zero-order valence-corrected chi connectivity index (χ0v) is 24.6. The summed E-state index contributed by atoms with van der Waals surface area (Å²) >= 11 is 0. The summed E-state index contributed by atoms with van der Waals surface area (Å²) in [6, 6.07) is 5.67. The maximum absolute atomic E-state index is 14.9. The van der Waals surface area contributed by atoms with E-state index in [-0.39, 0.29) is 46.0 Å². The van der Waals surface area contributed by atoms with Gasteiger partial charge in [0.15, 0.2) is 0 Å². The number of nitrogens with zero attached hydrogens (tertiary/aromatic N) is 6. The Morgan fingerprint density at radius 1 is 1.20 bits per heavy atom. The predicted octanol–water partition coefficient (Wildman–Crippen LogP) is 2.59. The first kappa shape index (κ1) is 26.0. The zero-order valence-electron chi connectivity index (χ0n) is 26.6. The van der Waals surface area contributed by atoms with E-state index < -0.39 is 23.4 Å². The van der Waals surface area contributed by atoms with Crippen LogP contribution in [0.15, 0.2) is 35.3 Å². The summed E-state index contributed by atoms with van der Waals surface area (Å²) < 4.78 is 45.5. The minimum absolute atomic E-state index is 0.0464. The Balaban J connectivity index is 1.26. The maximum Gasteiger partial charge on any atom is 0.319 e. The number of nitrogens with one attached hydrogen (secondary N) is 1. The lowest BCUT2D eigenvalue weighted by Gasteiger charge is -2.34. The van der Waals surface area contributed by atoms with Crippen LogP contribution in [0.5, 0.6) is 11.8 Å². The molecule has 0 radical (unpaired) electrons.